The molecule has 0 spiro atoms. The van der Waals surface area contributed by atoms with Crippen molar-refractivity contribution in [3.8, 4) is 0 Å². The van der Waals surface area contributed by atoms with Crippen LogP contribution in [0.4, 0.5) is 0 Å². The molecular weight excluding hydrogens is 216 g/mol. The number of hydrogen-bond acceptors (Lipinski definition) is 3. The van der Waals surface area contributed by atoms with Crippen LogP contribution in [0.25, 0.3) is 0 Å². The molecule has 1 aliphatic rings. The van der Waals surface area contributed by atoms with Gasteiger partial charge >= 0.3 is 0 Å². The highest BCUT2D eigenvalue weighted by Gasteiger charge is 2.18. The minimum absolute atomic E-state index is 0.709. The van der Waals surface area contributed by atoms with Gasteiger partial charge in [0, 0.05) is 24.0 Å². The molecule has 0 bridgehead atoms. The van der Waals surface area contributed by atoms with E-state index >= 15 is 0 Å². The van der Waals surface area contributed by atoms with Crippen LogP contribution in [0.3, 0.4) is 0 Å². The van der Waals surface area contributed by atoms with Gasteiger partial charge in [-0.25, -0.2) is 0 Å². The number of nitrogens with one attached hydrogen (secondary N) is 1. The van der Waals surface area contributed by atoms with Gasteiger partial charge in [0.1, 0.15) is 0 Å². The molecule has 16 heavy (non-hydrogen) atoms. The lowest BCUT2D eigenvalue weighted by molar-refractivity contribution is 0.249. The number of likely N-dealkylation sites (N-methyl/N-ethyl adjacent to an activating group) is 1. The van der Waals surface area contributed by atoms with E-state index in [-0.39, 0.29) is 0 Å². The maximum Gasteiger partial charge on any atom is 0.0234 e. The van der Waals surface area contributed by atoms with Crippen LogP contribution in [-0.2, 0) is 6.54 Å². The van der Waals surface area contributed by atoms with Gasteiger partial charge < -0.3 is 5.32 Å². The van der Waals surface area contributed by atoms with Crippen LogP contribution < -0.4 is 5.32 Å². The Morgan fingerprint density at radius 3 is 2.69 bits per heavy atom. The minimum atomic E-state index is 0.709. The predicted octanol–water partition coefficient (Wildman–Crippen LogP) is 2.20. The first-order valence-corrected chi connectivity index (χ1v) is 7.06. The van der Waals surface area contributed by atoms with Crippen molar-refractivity contribution >= 4 is 11.8 Å². The van der Waals surface area contributed by atoms with Crippen molar-refractivity contribution in [1.29, 1.82) is 0 Å². The quantitative estimate of drug-likeness (QED) is 0.807. The molecule has 1 aromatic carbocycles. The molecule has 1 fully saturated rings. The molecule has 1 atom stereocenters. The van der Waals surface area contributed by atoms with Crippen molar-refractivity contribution in [3.05, 3.63) is 29.8 Å². The Morgan fingerprint density at radius 2 is 2.12 bits per heavy atom. The van der Waals surface area contributed by atoms with Crippen molar-refractivity contribution in [2.24, 2.45) is 0 Å². The van der Waals surface area contributed by atoms with E-state index in [1.807, 2.05) is 0 Å². The van der Waals surface area contributed by atoms with Gasteiger partial charge in [-0.3, -0.25) is 4.90 Å². The van der Waals surface area contributed by atoms with Gasteiger partial charge in [-0.05, 0) is 44.0 Å². The molecule has 88 valence electrons. The summed E-state index contributed by atoms with van der Waals surface area (Å²) in [7, 11) is 2.22. The first-order valence-electron chi connectivity index (χ1n) is 5.83. The summed E-state index contributed by atoms with van der Waals surface area (Å²) < 4.78 is 0. The molecule has 0 aliphatic carbocycles. The molecule has 1 aromatic rings. The average molecular weight is 236 g/mol. The van der Waals surface area contributed by atoms with Gasteiger partial charge in [-0.15, -0.1) is 11.8 Å². The topological polar surface area (TPSA) is 15.3 Å². The molecule has 1 unspecified atom stereocenters. The summed E-state index contributed by atoms with van der Waals surface area (Å²) in [5.41, 5.74) is 1.41. The Labute approximate surface area is 102 Å². The summed E-state index contributed by atoms with van der Waals surface area (Å²) in [6, 6.07) is 9.61. The van der Waals surface area contributed by atoms with Crippen LogP contribution >= 0.6 is 11.8 Å². The van der Waals surface area contributed by atoms with Gasteiger partial charge in [0.2, 0.25) is 0 Å². The molecule has 0 saturated carbocycles. The highest BCUT2D eigenvalue weighted by Crippen LogP contribution is 2.17. The maximum atomic E-state index is 3.41. The fourth-order valence-electron chi connectivity index (χ4n) is 2.16. The second-order valence-corrected chi connectivity index (χ2v) is 5.29. The van der Waals surface area contributed by atoms with Crippen molar-refractivity contribution in [2.75, 3.05) is 26.4 Å². The molecule has 2 nitrogen and oxygen atoms in total. The summed E-state index contributed by atoms with van der Waals surface area (Å²) in [6.45, 7) is 3.36. The van der Waals surface area contributed by atoms with Gasteiger partial charge in [0.15, 0.2) is 0 Å². The van der Waals surface area contributed by atoms with Crippen molar-refractivity contribution < 1.29 is 0 Å². The standard InChI is InChI=1S/C13H20N2S/c1-15(12-7-8-14-9-12)10-11-3-5-13(16-2)6-4-11/h3-6,12,14H,7-10H2,1-2H3. The van der Waals surface area contributed by atoms with Crippen LogP contribution in [0.5, 0.6) is 0 Å². The minimum Gasteiger partial charge on any atom is -0.315 e. The largest absolute Gasteiger partial charge is 0.315 e. The van der Waals surface area contributed by atoms with Crippen LogP contribution in [0.1, 0.15) is 12.0 Å². The Bertz CT molecular complexity index is 317. The van der Waals surface area contributed by atoms with Crippen LogP contribution in [0.2, 0.25) is 0 Å². The monoisotopic (exact) mass is 236 g/mol. The second kappa shape index (κ2) is 5.71. The number of nitrogens with zero attached hydrogens (tertiary/aromatic N) is 1. The van der Waals surface area contributed by atoms with Crippen molar-refractivity contribution in [2.45, 2.75) is 23.9 Å². The molecule has 1 N–H and O–H groups in total. The lowest BCUT2D eigenvalue weighted by Gasteiger charge is -2.23. The second-order valence-electron chi connectivity index (χ2n) is 4.41. The molecule has 2 rings (SSSR count). The summed E-state index contributed by atoms with van der Waals surface area (Å²) in [4.78, 5) is 3.79. The van der Waals surface area contributed by atoms with Crippen LogP contribution in [0.15, 0.2) is 29.2 Å². The predicted molar refractivity (Wildman–Crippen MR) is 71.0 cm³/mol. The first kappa shape index (κ1) is 12.0. The zero-order valence-electron chi connectivity index (χ0n) is 10.1. The molecule has 1 heterocycles. The van der Waals surface area contributed by atoms with E-state index in [9.17, 15) is 0 Å². The van der Waals surface area contributed by atoms with Gasteiger partial charge in [0.25, 0.3) is 0 Å². The number of thioether (sulfide) groups is 1. The SMILES string of the molecule is CSc1ccc(CN(C)C2CCNC2)cc1. The molecule has 0 radical (unpaired) electrons. The average Bonchev–Trinajstić information content (AvgIpc) is 2.83. The fraction of sp³-hybridized carbons (Fsp3) is 0.538. The van der Waals surface area contributed by atoms with Crippen molar-refractivity contribution in [3.63, 3.8) is 0 Å². The third-order valence-corrected chi connectivity index (χ3v) is 3.99. The van der Waals surface area contributed by atoms with E-state index in [4.69, 9.17) is 0 Å². The van der Waals surface area contributed by atoms with E-state index in [1.165, 1.54) is 23.4 Å². The third-order valence-electron chi connectivity index (χ3n) is 3.25. The van der Waals surface area contributed by atoms with Gasteiger partial charge in [-0.1, -0.05) is 12.1 Å². The Morgan fingerprint density at radius 1 is 1.38 bits per heavy atom. The van der Waals surface area contributed by atoms with E-state index in [0.717, 1.165) is 13.1 Å². The summed E-state index contributed by atoms with van der Waals surface area (Å²) in [5, 5.41) is 3.41. The normalized spacial score (nSPS) is 20.6. The lowest BCUT2D eigenvalue weighted by Crippen LogP contribution is -2.32. The smallest absolute Gasteiger partial charge is 0.0234 e. The molecule has 3 heteroatoms. The Kier molecular flexibility index (Phi) is 4.27. The molecule has 0 amide bonds. The van der Waals surface area contributed by atoms with Crippen molar-refractivity contribution in [1.82, 2.24) is 10.2 Å². The summed E-state index contributed by atoms with van der Waals surface area (Å²) >= 11 is 1.80. The zero-order chi connectivity index (χ0) is 11.4. The highest BCUT2D eigenvalue weighted by molar-refractivity contribution is 7.98. The van der Waals surface area contributed by atoms with E-state index in [0.29, 0.717) is 6.04 Å². The van der Waals surface area contributed by atoms with E-state index in [2.05, 4.69) is 47.8 Å². The molecule has 0 aromatic heterocycles. The third kappa shape index (κ3) is 3.00. The fourth-order valence-corrected chi connectivity index (χ4v) is 2.57. The van der Waals surface area contributed by atoms with Crippen LogP contribution in [0, 0.1) is 0 Å². The van der Waals surface area contributed by atoms with Crippen LogP contribution in [-0.4, -0.2) is 37.3 Å². The van der Waals surface area contributed by atoms with Gasteiger partial charge in [-0.2, -0.15) is 0 Å². The zero-order valence-corrected chi connectivity index (χ0v) is 10.9. The summed E-state index contributed by atoms with van der Waals surface area (Å²) in [6.07, 6.45) is 3.39. The highest BCUT2D eigenvalue weighted by atomic mass is 32.2. The van der Waals surface area contributed by atoms with E-state index < -0.39 is 0 Å². The molecule has 1 saturated heterocycles. The summed E-state index contributed by atoms with van der Waals surface area (Å²) in [5.74, 6) is 0. The first-order chi connectivity index (χ1) is 7.79. The molecular formula is C13H20N2S. The molecule has 1 aliphatic heterocycles. The maximum absolute atomic E-state index is 3.41. The number of benzene rings is 1. The van der Waals surface area contributed by atoms with E-state index in [1.54, 1.807) is 11.8 Å². The van der Waals surface area contributed by atoms with Gasteiger partial charge in [0.05, 0.1) is 0 Å². The number of hydrogen-bond donors (Lipinski definition) is 1. The number of rotatable bonds is 4. The Balaban J connectivity index is 1.92. The lowest BCUT2D eigenvalue weighted by atomic mass is 10.1. The Hall–Kier alpha value is -0.510.